The van der Waals surface area contributed by atoms with Gasteiger partial charge in [0.05, 0.1) is 0 Å². The Balaban J connectivity index is 2.46. The Hall–Kier alpha value is -1.90. The molecule has 0 aliphatic rings. The van der Waals surface area contributed by atoms with Crippen molar-refractivity contribution in [2.24, 2.45) is 0 Å². The molecule has 1 N–H and O–H groups in total. The molecule has 0 radical (unpaired) electrons. The molecule has 0 saturated heterocycles. The quantitative estimate of drug-likeness (QED) is 0.859. The van der Waals surface area contributed by atoms with Crippen LogP contribution in [0.4, 0.5) is 4.39 Å². The highest BCUT2D eigenvalue weighted by atomic mass is 19.1. The molecular formula is C13H11FO2. The van der Waals surface area contributed by atoms with E-state index < -0.39 is 5.97 Å². The second-order valence-electron chi connectivity index (χ2n) is 3.65. The van der Waals surface area contributed by atoms with Gasteiger partial charge in [-0.15, -0.1) is 0 Å². The number of aliphatic carboxylic acids is 1. The fraction of sp³-hybridized carbons (Fsp3) is 0.154. The van der Waals surface area contributed by atoms with Crippen molar-refractivity contribution >= 4 is 16.7 Å². The van der Waals surface area contributed by atoms with Crippen LogP contribution in [0.15, 0.2) is 36.4 Å². The van der Waals surface area contributed by atoms with E-state index in [1.54, 1.807) is 18.2 Å². The van der Waals surface area contributed by atoms with Crippen LogP contribution in [-0.4, -0.2) is 11.1 Å². The van der Waals surface area contributed by atoms with E-state index in [0.717, 1.165) is 10.9 Å². The van der Waals surface area contributed by atoms with Gasteiger partial charge in [-0.3, -0.25) is 4.79 Å². The number of carbonyl (C=O) groups is 1. The molecule has 0 fully saturated rings. The molecule has 2 rings (SSSR count). The lowest BCUT2D eigenvalue weighted by atomic mass is 10.0. The molecule has 82 valence electrons. The lowest BCUT2D eigenvalue weighted by Crippen LogP contribution is -1.98. The fourth-order valence-electron chi connectivity index (χ4n) is 1.78. The first-order valence-electron chi connectivity index (χ1n) is 5.06. The van der Waals surface area contributed by atoms with Gasteiger partial charge in [-0.2, -0.15) is 0 Å². The van der Waals surface area contributed by atoms with Gasteiger partial charge in [0.25, 0.3) is 0 Å². The zero-order valence-electron chi connectivity index (χ0n) is 8.61. The van der Waals surface area contributed by atoms with Crippen LogP contribution >= 0.6 is 0 Å². The Kier molecular flexibility index (Phi) is 2.86. The monoisotopic (exact) mass is 218 g/mol. The average Bonchev–Trinajstić information content (AvgIpc) is 2.28. The van der Waals surface area contributed by atoms with Crippen LogP contribution in [0, 0.1) is 5.82 Å². The first-order valence-corrected chi connectivity index (χ1v) is 5.06. The summed E-state index contributed by atoms with van der Waals surface area (Å²) in [5, 5.41) is 9.97. The van der Waals surface area contributed by atoms with Gasteiger partial charge < -0.3 is 5.11 Å². The Morgan fingerprint density at radius 2 is 1.81 bits per heavy atom. The van der Waals surface area contributed by atoms with Crippen molar-refractivity contribution in [2.45, 2.75) is 12.8 Å². The van der Waals surface area contributed by atoms with Crippen LogP contribution in [0.3, 0.4) is 0 Å². The minimum atomic E-state index is -0.839. The minimum absolute atomic E-state index is 0.0651. The summed E-state index contributed by atoms with van der Waals surface area (Å²) in [6.07, 6.45) is 0.492. The molecule has 0 unspecified atom stereocenters. The molecule has 0 spiro atoms. The summed E-state index contributed by atoms with van der Waals surface area (Å²) in [5.74, 6) is -1.11. The molecule has 0 aliphatic carbocycles. The zero-order chi connectivity index (χ0) is 11.5. The van der Waals surface area contributed by atoms with Crippen LogP contribution < -0.4 is 0 Å². The third-order valence-corrected chi connectivity index (χ3v) is 2.57. The molecule has 0 aliphatic heterocycles. The third kappa shape index (κ3) is 2.03. The van der Waals surface area contributed by atoms with Crippen molar-refractivity contribution in [2.75, 3.05) is 0 Å². The topological polar surface area (TPSA) is 37.3 Å². The smallest absolute Gasteiger partial charge is 0.303 e. The second-order valence-corrected chi connectivity index (χ2v) is 3.65. The van der Waals surface area contributed by atoms with Crippen LogP contribution in [0.2, 0.25) is 0 Å². The fourth-order valence-corrected chi connectivity index (χ4v) is 1.78. The number of benzene rings is 2. The summed E-state index contributed by atoms with van der Waals surface area (Å²) in [6.45, 7) is 0. The number of carboxylic acid groups (broad SMARTS) is 1. The van der Waals surface area contributed by atoms with E-state index in [1.165, 1.54) is 6.07 Å². The summed E-state index contributed by atoms with van der Waals surface area (Å²) in [4.78, 5) is 10.5. The number of hydrogen-bond acceptors (Lipinski definition) is 1. The predicted octanol–water partition coefficient (Wildman–Crippen LogP) is 3.00. The Morgan fingerprint density at radius 1 is 1.12 bits per heavy atom. The van der Waals surface area contributed by atoms with Crippen molar-refractivity contribution in [1.82, 2.24) is 0 Å². The molecule has 2 nitrogen and oxygen atoms in total. The highest BCUT2D eigenvalue weighted by Crippen LogP contribution is 2.22. The van der Waals surface area contributed by atoms with Gasteiger partial charge in [0.1, 0.15) is 5.82 Å². The summed E-state index contributed by atoms with van der Waals surface area (Å²) < 4.78 is 13.4. The Labute approximate surface area is 92.3 Å². The first kappa shape index (κ1) is 10.6. The molecule has 0 bridgehead atoms. The number of fused-ring (bicyclic) bond motifs is 1. The molecule has 0 atom stereocenters. The van der Waals surface area contributed by atoms with Crippen molar-refractivity contribution in [3.05, 3.63) is 47.8 Å². The molecule has 0 saturated carbocycles. The number of hydrogen-bond donors (Lipinski definition) is 1. The maximum Gasteiger partial charge on any atom is 0.303 e. The SMILES string of the molecule is O=C(O)CCc1ccc(F)c2ccccc12. The Bertz CT molecular complexity index is 534. The van der Waals surface area contributed by atoms with Gasteiger partial charge >= 0.3 is 5.97 Å². The summed E-state index contributed by atoms with van der Waals surface area (Å²) in [7, 11) is 0. The highest BCUT2D eigenvalue weighted by Gasteiger charge is 2.06. The largest absolute Gasteiger partial charge is 0.481 e. The van der Waals surface area contributed by atoms with E-state index in [-0.39, 0.29) is 12.2 Å². The maximum absolute atomic E-state index is 13.4. The van der Waals surface area contributed by atoms with E-state index in [1.807, 2.05) is 12.1 Å². The number of rotatable bonds is 3. The number of aryl methyl sites for hydroxylation is 1. The Morgan fingerprint density at radius 3 is 2.50 bits per heavy atom. The third-order valence-electron chi connectivity index (χ3n) is 2.57. The molecule has 2 aromatic rings. The van der Waals surface area contributed by atoms with Gasteiger partial charge in [-0.05, 0) is 23.4 Å². The number of carboxylic acids is 1. The van der Waals surface area contributed by atoms with E-state index >= 15 is 0 Å². The molecule has 0 amide bonds. The van der Waals surface area contributed by atoms with Gasteiger partial charge in [0.2, 0.25) is 0 Å². The van der Waals surface area contributed by atoms with Gasteiger partial charge in [0, 0.05) is 11.8 Å². The molecule has 3 heteroatoms. The molecule has 0 heterocycles. The van der Waals surface area contributed by atoms with Crippen LogP contribution in [-0.2, 0) is 11.2 Å². The summed E-state index contributed by atoms with van der Waals surface area (Å²) in [5.41, 5.74) is 0.874. The van der Waals surface area contributed by atoms with E-state index in [2.05, 4.69) is 0 Å². The van der Waals surface area contributed by atoms with Crippen molar-refractivity contribution in [3.63, 3.8) is 0 Å². The van der Waals surface area contributed by atoms with E-state index in [0.29, 0.717) is 11.8 Å². The summed E-state index contributed by atoms with van der Waals surface area (Å²) in [6, 6.07) is 10.2. The van der Waals surface area contributed by atoms with E-state index in [9.17, 15) is 9.18 Å². The average molecular weight is 218 g/mol. The highest BCUT2D eigenvalue weighted by molar-refractivity contribution is 5.86. The van der Waals surface area contributed by atoms with Crippen LogP contribution in [0.1, 0.15) is 12.0 Å². The molecule has 2 aromatic carbocycles. The van der Waals surface area contributed by atoms with Crippen LogP contribution in [0.25, 0.3) is 10.8 Å². The lowest BCUT2D eigenvalue weighted by molar-refractivity contribution is -0.136. The predicted molar refractivity (Wildman–Crippen MR) is 59.9 cm³/mol. The van der Waals surface area contributed by atoms with Crippen molar-refractivity contribution in [3.8, 4) is 0 Å². The first-order chi connectivity index (χ1) is 7.68. The normalized spacial score (nSPS) is 10.6. The zero-order valence-corrected chi connectivity index (χ0v) is 8.61. The van der Waals surface area contributed by atoms with Gasteiger partial charge in [0.15, 0.2) is 0 Å². The van der Waals surface area contributed by atoms with Crippen LogP contribution in [0.5, 0.6) is 0 Å². The molecular weight excluding hydrogens is 207 g/mol. The van der Waals surface area contributed by atoms with Gasteiger partial charge in [-0.25, -0.2) is 4.39 Å². The standard InChI is InChI=1S/C13H11FO2/c14-12-7-5-9(6-8-13(15)16)10-3-1-2-4-11(10)12/h1-5,7H,6,8H2,(H,15,16). The molecule has 16 heavy (non-hydrogen) atoms. The maximum atomic E-state index is 13.4. The van der Waals surface area contributed by atoms with Crippen molar-refractivity contribution < 1.29 is 14.3 Å². The van der Waals surface area contributed by atoms with Crippen molar-refractivity contribution in [1.29, 1.82) is 0 Å². The lowest BCUT2D eigenvalue weighted by Gasteiger charge is -2.05. The van der Waals surface area contributed by atoms with E-state index in [4.69, 9.17) is 5.11 Å². The number of halogens is 1. The minimum Gasteiger partial charge on any atom is -0.481 e. The summed E-state index contributed by atoms with van der Waals surface area (Å²) >= 11 is 0. The second kappa shape index (κ2) is 4.31. The van der Waals surface area contributed by atoms with Gasteiger partial charge in [-0.1, -0.05) is 30.3 Å². The molecule has 0 aromatic heterocycles.